The number of aliphatic imine (C=N–C) groups is 1. The predicted molar refractivity (Wildman–Crippen MR) is 59.8 cm³/mol. The minimum atomic E-state index is 0.757. The average Bonchev–Trinajstić information content (AvgIpc) is 2.11. The van der Waals surface area contributed by atoms with Crippen LogP contribution in [0.5, 0.6) is 0 Å². The maximum absolute atomic E-state index is 5.80. The Balaban J connectivity index is 3.49. The lowest BCUT2D eigenvalue weighted by atomic mass is 10.0. The molecule has 0 spiro atoms. The maximum atomic E-state index is 5.80. The highest BCUT2D eigenvalue weighted by molar-refractivity contribution is 7.78. The summed E-state index contributed by atoms with van der Waals surface area (Å²) in [5, 5.41) is 2.35. The lowest BCUT2D eigenvalue weighted by Gasteiger charge is -2.09. The van der Waals surface area contributed by atoms with Crippen LogP contribution < -0.4 is 5.73 Å². The quantitative estimate of drug-likeness (QED) is 0.422. The number of nitrogen functional groups attached to an aromatic ring is 1. The van der Waals surface area contributed by atoms with Crippen molar-refractivity contribution >= 4 is 28.8 Å². The van der Waals surface area contributed by atoms with Gasteiger partial charge < -0.3 is 5.73 Å². The summed E-state index contributed by atoms with van der Waals surface area (Å²) < 4.78 is 0. The van der Waals surface area contributed by atoms with E-state index >= 15 is 0 Å². The lowest BCUT2D eigenvalue weighted by Crippen LogP contribution is -1.94. The minimum absolute atomic E-state index is 0.757. The van der Waals surface area contributed by atoms with E-state index < -0.39 is 0 Å². The number of benzene rings is 1. The van der Waals surface area contributed by atoms with Crippen LogP contribution >= 0.6 is 12.2 Å². The summed E-state index contributed by atoms with van der Waals surface area (Å²) >= 11 is 4.56. The Morgan fingerprint density at radius 3 is 2.38 bits per heavy atom. The number of hydrogen-bond acceptors (Lipinski definition) is 3. The van der Waals surface area contributed by atoms with E-state index in [4.69, 9.17) is 5.73 Å². The van der Waals surface area contributed by atoms with Gasteiger partial charge in [0.25, 0.3) is 0 Å². The van der Waals surface area contributed by atoms with Crippen molar-refractivity contribution in [2.45, 2.75) is 20.8 Å². The molecule has 0 radical (unpaired) electrons. The molecule has 13 heavy (non-hydrogen) atoms. The molecular formula is C10H12N2S. The first-order valence-electron chi connectivity index (χ1n) is 4.02. The Morgan fingerprint density at radius 2 is 1.85 bits per heavy atom. The standard InChI is InChI=1S/C10H12N2S/c1-6-7(2)9(11)4-10(8(6)3)12-5-13/h4H,11H2,1-3H3. The first-order valence-corrected chi connectivity index (χ1v) is 4.43. The minimum Gasteiger partial charge on any atom is -0.398 e. The molecule has 0 bridgehead atoms. The molecule has 68 valence electrons. The molecule has 0 aromatic heterocycles. The van der Waals surface area contributed by atoms with Gasteiger partial charge in [-0.15, -0.1) is 0 Å². The van der Waals surface area contributed by atoms with Crippen molar-refractivity contribution in [2.75, 3.05) is 5.73 Å². The van der Waals surface area contributed by atoms with Gasteiger partial charge in [-0.25, -0.2) is 0 Å². The molecule has 0 aliphatic heterocycles. The zero-order chi connectivity index (χ0) is 10.0. The first kappa shape index (κ1) is 9.90. The van der Waals surface area contributed by atoms with E-state index in [0.717, 1.165) is 22.5 Å². The number of rotatable bonds is 1. The molecule has 0 atom stereocenters. The molecule has 1 aromatic carbocycles. The second-order valence-corrected chi connectivity index (χ2v) is 3.25. The molecule has 0 fully saturated rings. The molecule has 2 N–H and O–H groups in total. The van der Waals surface area contributed by atoms with Crippen molar-refractivity contribution < 1.29 is 0 Å². The fourth-order valence-corrected chi connectivity index (χ4v) is 1.32. The largest absolute Gasteiger partial charge is 0.398 e. The monoisotopic (exact) mass is 192 g/mol. The smallest absolute Gasteiger partial charge is 0.0792 e. The Labute approximate surface area is 83.5 Å². The van der Waals surface area contributed by atoms with Gasteiger partial charge in [-0.2, -0.15) is 4.99 Å². The van der Waals surface area contributed by atoms with Crippen molar-refractivity contribution in [1.82, 2.24) is 0 Å². The predicted octanol–water partition coefficient (Wildman–Crippen LogP) is 2.93. The molecular weight excluding hydrogens is 180 g/mol. The highest BCUT2D eigenvalue weighted by Gasteiger charge is 2.05. The molecule has 0 aliphatic carbocycles. The number of anilines is 1. The van der Waals surface area contributed by atoms with Crippen molar-refractivity contribution in [3.05, 3.63) is 22.8 Å². The Kier molecular flexibility index (Phi) is 2.81. The number of nitrogens with zero attached hydrogens (tertiary/aromatic N) is 1. The normalized spacial score (nSPS) is 9.46. The Morgan fingerprint density at radius 1 is 1.23 bits per heavy atom. The molecule has 1 aromatic rings. The molecule has 0 aliphatic rings. The molecule has 1 rings (SSSR count). The zero-order valence-electron chi connectivity index (χ0n) is 8.01. The van der Waals surface area contributed by atoms with Crippen LogP contribution in [-0.4, -0.2) is 5.16 Å². The third kappa shape index (κ3) is 1.77. The van der Waals surface area contributed by atoms with Crippen LogP contribution in [0.1, 0.15) is 16.7 Å². The lowest BCUT2D eigenvalue weighted by molar-refractivity contribution is 1.26. The number of hydrogen-bond donors (Lipinski definition) is 1. The molecule has 2 nitrogen and oxygen atoms in total. The second kappa shape index (κ2) is 3.69. The Hall–Kier alpha value is -1.18. The van der Waals surface area contributed by atoms with E-state index in [1.165, 1.54) is 5.56 Å². The van der Waals surface area contributed by atoms with E-state index in [1.54, 1.807) is 0 Å². The number of thiocarbonyl (C=S) groups is 1. The van der Waals surface area contributed by atoms with Gasteiger partial charge >= 0.3 is 0 Å². The summed E-state index contributed by atoms with van der Waals surface area (Å²) in [6.45, 7) is 6.04. The summed E-state index contributed by atoms with van der Waals surface area (Å²) in [4.78, 5) is 3.95. The summed E-state index contributed by atoms with van der Waals surface area (Å²) in [5.74, 6) is 0. The second-order valence-electron chi connectivity index (χ2n) is 3.06. The van der Waals surface area contributed by atoms with E-state index in [2.05, 4.69) is 22.4 Å². The van der Waals surface area contributed by atoms with Crippen LogP contribution in [0.3, 0.4) is 0 Å². The van der Waals surface area contributed by atoms with Gasteiger partial charge in [0.2, 0.25) is 0 Å². The number of isothiocyanates is 1. The molecule has 0 heterocycles. The van der Waals surface area contributed by atoms with Gasteiger partial charge in [0.05, 0.1) is 10.8 Å². The highest BCUT2D eigenvalue weighted by atomic mass is 32.1. The van der Waals surface area contributed by atoms with Gasteiger partial charge in [-0.1, -0.05) is 0 Å². The molecule has 0 amide bonds. The Bertz CT molecular complexity index is 390. The van der Waals surface area contributed by atoms with Crippen molar-refractivity contribution in [1.29, 1.82) is 0 Å². The summed E-state index contributed by atoms with van der Waals surface area (Å²) in [7, 11) is 0. The first-order chi connectivity index (χ1) is 6.07. The summed E-state index contributed by atoms with van der Waals surface area (Å²) in [5.41, 5.74) is 10.8. The number of nitrogens with two attached hydrogens (primary N) is 1. The fourth-order valence-electron chi connectivity index (χ4n) is 1.22. The van der Waals surface area contributed by atoms with Crippen molar-refractivity contribution in [2.24, 2.45) is 4.99 Å². The highest BCUT2D eigenvalue weighted by Crippen LogP contribution is 2.28. The van der Waals surface area contributed by atoms with Crippen LogP contribution in [0.15, 0.2) is 11.1 Å². The van der Waals surface area contributed by atoms with Crippen LogP contribution in [0.25, 0.3) is 0 Å². The molecule has 3 heteroatoms. The third-order valence-electron chi connectivity index (χ3n) is 2.40. The average molecular weight is 192 g/mol. The van der Waals surface area contributed by atoms with Crippen LogP contribution in [0.2, 0.25) is 0 Å². The van der Waals surface area contributed by atoms with Crippen molar-refractivity contribution in [3.63, 3.8) is 0 Å². The summed E-state index contributed by atoms with van der Waals surface area (Å²) in [6, 6.07) is 1.83. The topological polar surface area (TPSA) is 38.4 Å². The SMILES string of the molecule is Cc1c(N)cc(N=C=S)c(C)c1C. The van der Waals surface area contributed by atoms with Gasteiger partial charge in [0, 0.05) is 5.69 Å². The third-order valence-corrected chi connectivity index (χ3v) is 2.49. The van der Waals surface area contributed by atoms with Gasteiger partial charge in [-0.05, 0) is 55.7 Å². The fraction of sp³-hybridized carbons (Fsp3) is 0.300. The molecule has 0 unspecified atom stereocenters. The van der Waals surface area contributed by atoms with Crippen LogP contribution in [-0.2, 0) is 0 Å². The zero-order valence-corrected chi connectivity index (χ0v) is 8.83. The molecule has 0 saturated carbocycles. The van der Waals surface area contributed by atoms with E-state index in [0.29, 0.717) is 0 Å². The van der Waals surface area contributed by atoms with Gasteiger partial charge in [-0.3, -0.25) is 0 Å². The summed E-state index contributed by atoms with van der Waals surface area (Å²) in [6.07, 6.45) is 0. The van der Waals surface area contributed by atoms with E-state index in [-0.39, 0.29) is 0 Å². The maximum Gasteiger partial charge on any atom is 0.0792 e. The van der Waals surface area contributed by atoms with Gasteiger partial charge in [0.1, 0.15) is 0 Å². The van der Waals surface area contributed by atoms with E-state index in [1.807, 2.05) is 26.8 Å². The van der Waals surface area contributed by atoms with Crippen LogP contribution in [0.4, 0.5) is 11.4 Å². The molecule has 0 saturated heterocycles. The van der Waals surface area contributed by atoms with Crippen molar-refractivity contribution in [3.8, 4) is 0 Å². The van der Waals surface area contributed by atoms with Crippen LogP contribution in [0, 0.1) is 20.8 Å². The van der Waals surface area contributed by atoms with Gasteiger partial charge in [0.15, 0.2) is 0 Å². The van der Waals surface area contributed by atoms with E-state index in [9.17, 15) is 0 Å².